The number of hydrogen-bond acceptors (Lipinski definition) is 4. The molecule has 0 radical (unpaired) electrons. The summed E-state index contributed by atoms with van der Waals surface area (Å²) in [4.78, 5) is 4.18. The molecule has 0 saturated heterocycles. The van der Waals surface area contributed by atoms with Crippen LogP contribution in [-0.4, -0.2) is 24.5 Å². The Morgan fingerprint density at radius 1 is 1.56 bits per heavy atom. The molecular weight excluding hydrogens is 228 g/mol. The highest BCUT2D eigenvalue weighted by Gasteiger charge is 2.08. The quantitative estimate of drug-likeness (QED) is 0.859. The van der Waals surface area contributed by atoms with Crippen molar-refractivity contribution in [1.29, 1.82) is 0 Å². The van der Waals surface area contributed by atoms with Gasteiger partial charge in [-0.2, -0.15) is 0 Å². The molecule has 0 spiro atoms. The molecule has 0 aromatic carbocycles. The number of nitrogens with two attached hydrogens (primary N) is 1. The van der Waals surface area contributed by atoms with Crippen molar-refractivity contribution < 1.29 is 0 Å². The highest BCUT2D eigenvalue weighted by molar-refractivity contribution is 6.29. The summed E-state index contributed by atoms with van der Waals surface area (Å²) < 4.78 is 3.49. The van der Waals surface area contributed by atoms with Gasteiger partial charge in [-0.15, -0.1) is 5.10 Å². The van der Waals surface area contributed by atoms with Crippen molar-refractivity contribution in [3.8, 4) is 0 Å². The maximum atomic E-state index is 5.89. The molecule has 2 aromatic rings. The maximum absolute atomic E-state index is 5.89. The number of nitrogens with zero attached hydrogens (tertiary/aromatic N) is 5. The van der Waals surface area contributed by atoms with Crippen LogP contribution in [0.5, 0.6) is 0 Å². The van der Waals surface area contributed by atoms with E-state index in [9.17, 15) is 0 Å². The van der Waals surface area contributed by atoms with Crippen LogP contribution in [0.1, 0.15) is 24.5 Å². The Hall–Kier alpha value is -1.40. The Morgan fingerprint density at radius 3 is 2.81 bits per heavy atom. The fourth-order valence-corrected chi connectivity index (χ4v) is 1.46. The molecule has 1 unspecified atom stereocenters. The van der Waals surface area contributed by atoms with E-state index in [2.05, 4.69) is 15.3 Å². The topological polar surface area (TPSA) is 74.6 Å². The Bertz CT molecular complexity index is 486. The third-order valence-corrected chi connectivity index (χ3v) is 2.71. The van der Waals surface area contributed by atoms with Gasteiger partial charge in [0.15, 0.2) is 0 Å². The SMILES string of the molecule is CC(N)c1cn(Cc2ncc(Cl)n2C)nn1. The molecule has 7 heteroatoms. The second kappa shape index (κ2) is 4.23. The van der Waals surface area contributed by atoms with Crippen molar-refractivity contribution in [3.05, 3.63) is 29.1 Å². The van der Waals surface area contributed by atoms with Gasteiger partial charge in [-0.05, 0) is 6.92 Å². The molecule has 0 saturated carbocycles. The summed E-state index contributed by atoms with van der Waals surface area (Å²) in [7, 11) is 1.86. The summed E-state index contributed by atoms with van der Waals surface area (Å²) >= 11 is 5.89. The van der Waals surface area contributed by atoms with Gasteiger partial charge < -0.3 is 10.3 Å². The molecule has 2 rings (SSSR count). The van der Waals surface area contributed by atoms with E-state index in [-0.39, 0.29) is 6.04 Å². The molecule has 0 fully saturated rings. The second-order valence-corrected chi connectivity index (χ2v) is 4.07. The number of rotatable bonds is 3. The van der Waals surface area contributed by atoms with E-state index < -0.39 is 0 Å². The molecule has 2 aromatic heterocycles. The summed E-state index contributed by atoms with van der Waals surface area (Å²) in [6, 6.07) is -0.112. The monoisotopic (exact) mass is 240 g/mol. The first-order chi connectivity index (χ1) is 7.58. The van der Waals surface area contributed by atoms with Crippen molar-refractivity contribution in [3.63, 3.8) is 0 Å². The van der Waals surface area contributed by atoms with Gasteiger partial charge in [-0.1, -0.05) is 16.8 Å². The smallest absolute Gasteiger partial charge is 0.131 e. The lowest BCUT2D eigenvalue weighted by molar-refractivity contribution is 0.607. The number of imidazole rings is 1. The van der Waals surface area contributed by atoms with Gasteiger partial charge >= 0.3 is 0 Å². The third kappa shape index (κ3) is 2.07. The van der Waals surface area contributed by atoms with Crippen LogP contribution >= 0.6 is 11.6 Å². The first-order valence-electron chi connectivity index (χ1n) is 4.89. The first kappa shape index (κ1) is 11.1. The van der Waals surface area contributed by atoms with Crippen LogP contribution in [0.15, 0.2) is 12.4 Å². The van der Waals surface area contributed by atoms with E-state index >= 15 is 0 Å². The summed E-state index contributed by atoms with van der Waals surface area (Å²) in [5.41, 5.74) is 6.46. The molecule has 0 aliphatic carbocycles. The zero-order chi connectivity index (χ0) is 11.7. The summed E-state index contributed by atoms with van der Waals surface area (Å²) in [5, 5.41) is 8.54. The average Bonchev–Trinajstić information content (AvgIpc) is 2.81. The second-order valence-electron chi connectivity index (χ2n) is 3.69. The highest BCUT2D eigenvalue weighted by atomic mass is 35.5. The highest BCUT2D eigenvalue weighted by Crippen LogP contribution is 2.10. The van der Waals surface area contributed by atoms with E-state index in [1.807, 2.05) is 20.2 Å². The fraction of sp³-hybridized carbons (Fsp3) is 0.444. The number of aromatic nitrogens is 5. The van der Waals surface area contributed by atoms with Gasteiger partial charge in [-0.25, -0.2) is 9.67 Å². The zero-order valence-corrected chi connectivity index (χ0v) is 9.89. The van der Waals surface area contributed by atoms with Crippen molar-refractivity contribution >= 4 is 11.6 Å². The fourth-order valence-electron chi connectivity index (χ4n) is 1.32. The van der Waals surface area contributed by atoms with Gasteiger partial charge in [0.2, 0.25) is 0 Å². The molecule has 0 aliphatic rings. The Labute approximate surface area is 98.0 Å². The molecule has 2 heterocycles. The summed E-state index contributed by atoms with van der Waals surface area (Å²) in [5.74, 6) is 0.825. The zero-order valence-electron chi connectivity index (χ0n) is 9.13. The van der Waals surface area contributed by atoms with Gasteiger partial charge in [0.25, 0.3) is 0 Å². The first-order valence-corrected chi connectivity index (χ1v) is 5.27. The van der Waals surface area contributed by atoms with E-state index in [4.69, 9.17) is 17.3 Å². The Morgan fingerprint density at radius 2 is 2.31 bits per heavy atom. The predicted molar refractivity (Wildman–Crippen MR) is 59.9 cm³/mol. The van der Waals surface area contributed by atoms with Crippen LogP contribution in [-0.2, 0) is 13.6 Å². The normalized spacial score (nSPS) is 13.0. The Kier molecular flexibility index (Phi) is 2.93. The molecule has 16 heavy (non-hydrogen) atoms. The molecule has 0 amide bonds. The van der Waals surface area contributed by atoms with E-state index in [0.717, 1.165) is 11.5 Å². The van der Waals surface area contributed by atoms with E-state index in [1.165, 1.54) is 0 Å². The minimum absolute atomic E-state index is 0.112. The lowest BCUT2D eigenvalue weighted by Crippen LogP contribution is -2.07. The predicted octanol–water partition coefficient (Wildman–Crippen LogP) is 0.733. The summed E-state index contributed by atoms with van der Waals surface area (Å²) in [6.45, 7) is 2.40. The van der Waals surface area contributed by atoms with Crippen molar-refractivity contribution in [2.45, 2.75) is 19.5 Å². The van der Waals surface area contributed by atoms with Crippen molar-refractivity contribution in [2.24, 2.45) is 12.8 Å². The third-order valence-electron chi connectivity index (χ3n) is 2.35. The van der Waals surface area contributed by atoms with Crippen LogP contribution in [0, 0.1) is 0 Å². The van der Waals surface area contributed by atoms with Gasteiger partial charge in [-0.3, -0.25) is 0 Å². The van der Waals surface area contributed by atoms with Crippen LogP contribution < -0.4 is 5.73 Å². The Balaban J connectivity index is 2.17. The largest absolute Gasteiger partial charge is 0.323 e. The maximum Gasteiger partial charge on any atom is 0.131 e. The number of halogens is 1. The van der Waals surface area contributed by atoms with Crippen LogP contribution in [0.2, 0.25) is 5.15 Å². The van der Waals surface area contributed by atoms with Crippen LogP contribution in [0.4, 0.5) is 0 Å². The molecule has 6 nitrogen and oxygen atoms in total. The number of hydrogen-bond donors (Lipinski definition) is 1. The van der Waals surface area contributed by atoms with Crippen LogP contribution in [0.3, 0.4) is 0 Å². The van der Waals surface area contributed by atoms with E-state index in [0.29, 0.717) is 11.7 Å². The minimum Gasteiger partial charge on any atom is -0.323 e. The molecule has 86 valence electrons. The van der Waals surface area contributed by atoms with Gasteiger partial charge in [0, 0.05) is 13.1 Å². The molecule has 2 N–H and O–H groups in total. The summed E-state index contributed by atoms with van der Waals surface area (Å²) in [6.07, 6.45) is 3.42. The van der Waals surface area contributed by atoms with E-state index in [1.54, 1.807) is 15.4 Å². The molecule has 0 bridgehead atoms. The molecule has 1 atom stereocenters. The minimum atomic E-state index is -0.112. The molecular formula is C9H13ClN6. The van der Waals surface area contributed by atoms with Gasteiger partial charge in [0.05, 0.1) is 18.1 Å². The standard InChI is InChI=1S/C9H13ClN6/c1-6(11)7-4-16(14-13-7)5-9-12-3-8(10)15(9)2/h3-4,6H,5,11H2,1-2H3. The van der Waals surface area contributed by atoms with Crippen LogP contribution in [0.25, 0.3) is 0 Å². The van der Waals surface area contributed by atoms with Crippen molar-refractivity contribution in [1.82, 2.24) is 24.5 Å². The molecule has 0 aliphatic heterocycles. The average molecular weight is 241 g/mol. The lowest BCUT2D eigenvalue weighted by Gasteiger charge is -2.01. The lowest BCUT2D eigenvalue weighted by atomic mass is 10.3. The van der Waals surface area contributed by atoms with Crippen molar-refractivity contribution in [2.75, 3.05) is 0 Å². The van der Waals surface area contributed by atoms with Gasteiger partial charge in [0.1, 0.15) is 17.5 Å².